The normalized spacial score (nSPS) is 28.0. The second-order valence-corrected chi connectivity index (χ2v) is 7.13. The van der Waals surface area contributed by atoms with Gasteiger partial charge in [-0.05, 0) is 54.0 Å². The predicted molar refractivity (Wildman–Crippen MR) is 87.1 cm³/mol. The number of amides is 1. The highest BCUT2D eigenvalue weighted by Gasteiger charge is 2.33. The van der Waals surface area contributed by atoms with Crippen molar-refractivity contribution in [3.63, 3.8) is 0 Å². The summed E-state index contributed by atoms with van der Waals surface area (Å²) in [5.74, 6) is 0.663. The van der Waals surface area contributed by atoms with Crippen LogP contribution in [0.4, 0.5) is 0 Å². The summed E-state index contributed by atoms with van der Waals surface area (Å²) in [6.45, 7) is 3.34. The molecule has 6 heteroatoms. The molecule has 0 aromatic carbocycles. The number of nitrogens with one attached hydrogen (secondary N) is 1. The molecule has 3 atom stereocenters. The molecule has 1 unspecified atom stereocenters. The second-order valence-electron chi connectivity index (χ2n) is 5.97. The lowest BCUT2D eigenvalue weighted by atomic mass is 9.97. The molecule has 2 saturated heterocycles. The summed E-state index contributed by atoms with van der Waals surface area (Å²) in [5.41, 5.74) is 1.19. The maximum absolute atomic E-state index is 12.4. The largest absolute Gasteiger partial charge is 0.462 e. The van der Waals surface area contributed by atoms with E-state index in [0.717, 1.165) is 33.4 Å². The van der Waals surface area contributed by atoms with Crippen molar-refractivity contribution in [1.82, 2.24) is 15.2 Å². The lowest BCUT2D eigenvalue weighted by Crippen LogP contribution is -2.47. The first-order valence-corrected chi connectivity index (χ1v) is 8.33. The fourth-order valence-electron chi connectivity index (χ4n) is 3.45. The fraction of sp³-hybridized carbons (Fsp3) is 0.467. The van der Waals surface area contributed by atoms with Gasteiger partial charge in [-0.1, -0.05) is 0 Å². The van der Waals surface area contributed by atoms with E-state index >= 15 is 0 Å². The quantitative estimate of drug-likeness (QED) is 0.791. The monoisotopic (exact) mass is 397 g/mol. The van der Waals surface area contributed by atoms with Crippen molar-refractivity contribution < 1.29 is 9.21 Å². The van der Waals surface area contributed by atoms with Crippen LogP contribution in [0, 0.1) is 9.49 Å². The number of carbonyl (C=O) groups is 1. The number of hydrogen-bond acceptors (Lipinski definition) is 4. The van der Waals surface area contributed by atoms with Gasteiger partial charge in [-0.15, -0.1) is 0 Å². The number of furan rings is 1. The van der Waals surface area contributed by atoms with Crippen molar-refractivity contribution in [1.29, 1.82) is 0 Å². The molecule has 5 nitrogen and oxygen atoms in total. The first kappa shape index (κ1) is 13.5. The Bertz CT molecular complexity index is 687. The summed E-state index contributed by atoms with van der Waals surface area (Å²) >= 11 is 2.20. The van der Waals surface area contributed by atoms with Crippen molar-refractivity contribution in [2.45, 2.75) is 18.9 Å². The highest BCUT2D eigenvalue weighted by Crippen LogP contribution is 2.27. The van der Waals surface area contributed by atoms with Crippen LogP contribution < -0.4 is 5.32 Å². The van der Waals surface area contributed by atoms with Crippen LogP contribution in [-0.2, 0) is 0 Å². The Morgan fingerprint density at radius 3 is 3.24 bits per heavy atom. The summed E-state index contributed by atoms with van der Waals surface area (Å²) < 4.78 is 6.36. The van der Waals surface area contributed by atoms with Crippen molar-refractivity contribution in [3.05, 3.63) is 27.8 Å². The maximum atomic E-state index is 12.4. The number of hydrogen-bond donors (Lipinski definition) is 1. The number of carbonyl (C=O) groups excluding carboxylic acids is 1. The Labute approximate surface area is 136 Å². The molecular formula is C15H16IN3O2. The van der Waals surface area contributed by atoms with Gasteiger partial charge in [-0.25, -0.2) is 4.98 Å². The van der Waals surface area contributed by atoms with Crippen LogP contribution in [0.15, 0.2) is 22.9 Å². The third-order valence-electron chi connectivity index (χ3n) is 4.45. The van der Waals surface area contributed by atoms with E-state index in [-0.39, 0.29) is 11.9 Å². The van der Waals surface area contributed by atoms with Crippen molar-refractivity contribution >= 4 is 39.5 Å². The molecule has 2 aromatic rings. The number of aromatic nitrogens is 1. The maximum Gasteiger partial charge on any atom is 0.270 e. The molecule has 4 heterocycles. The van der Waals surface area contributed by atoms with Gasteiger partial charge >= 0.3 is 0 Å². The van der Waals surface area contributed by atoms with E-state index in [2.05, 4.69) is 37.8 Å². The first-order chi connectivity index (χ1) is 10.2. The van der Waals surface area contributed by atoms with Crippen LogP contribution >= 0.6 is 22.6 Å². The number of rotatable bonds is 2. The SMILES string of the molecule is O=C(N[C@@H]1C[C@H]2CCN(C2)C1)c1cc2c(I)coc2cn1. The number of halogens is 1. The Kier molecular flexibility index (Phi) is 3.37. The number of fused-ring (bicyclic) bond motifs is 3. The van der Waals surface area contributed by atoms with E-state index in [4.69, 9.17) is 4.42 Å². The van der Waals surface area contributed by atoms with Crippen LogP contribution in [0.3, 0.4) is 0 Å². The molecule has 0 spiro atoms. The lowest BCUT2D eigenvalue weighted by Gasteiger charge is -2.30. The van der Waals surface area contributed by atoms with Crippen LogP contribution in [-0.4, -0.2) is 41.5 Å². The average Bonchev–Trinajstić information content (AvgIpc) is 3.02. The first-order valence-electron chi connectivity index (χ1n) is 7.25. The van der Waals surface area contributed by atoms with Gasteiger partial charge in [0.15, 0.2) is 5.58 Å². The molecular weight excluding hydrogens is 381 g/mol. The molecule has 2 aromatic heterocycles. The minimum Gasteiger partial charge on any atom is -0.462 e. The minimum absolute atomic E-state index is 0.0820. The third kappa shape index (κ3) is 2.55. The van der Waals surface area contributed by atoms with Crippen LogP contribution in [0.25, 0.3) is 11.0 Å². The highest BCUT2D eigenvalue weighted by atomic mass is 127. The molecule has 0 radical (unpaired) electrons. The van der Waals surface area contributed by atoms with Gasteiger partial charge in [0.25, 0.3) is 5.91 Å². The molecule has 4 rings (SSSR count). The molecule has 2 aliphatic heterocycles. The van der Waals surface area contributed by atoms with E-state index in [1.807, 2.05) is 6.07 Å². The summed E-state index contributed by atoms with van der Waals surface area (Å²) in [7, 11) is 0. The summed E-state index contributed by atoms with van der Waals surface area (Å²) in [6, 6.07) is 2.06. The van der Waals surface area contributed by atoms with E-state index < -0.39 is 0 Å². The Morgan fingerprint density at radius 1 is 1.48 bits per heavy atom. The van der Waals surface area contributed by atoms with Crippen LogP contribution in [0.5, 0.6) is 0 Å². The smallest absolute Gasteiger partial charge is 0.270 e. The Balaban J connectivity index is 1.52. The molecule has 2 bridgehead atoms. The zero-order valence-corrected chi connectivity index (χ0v) is 13.7. The lowest BCUT2D eigenvalue weighted by molar-refractivity contribution is 0.0904. The summed E-state index contributed by atoms with van der Waals surface area (Å²) in [4.78, 5) is 19.1. The van der Waals surface area contributed by atoms with Gasteiger partial charge in [-0.3, -0.25) is 4.79 Å². The van der Waals surface area contributed by atoms with Gasteiger partial charge < -0.3 is 14.6 Å². The molecule has 1 N–H and O–H groups in total. The standard InChI is InChI=1S/C15H16IN3O2/c16-12-8-21-14-5-17-13(4-11(12)14)15(20)18-10-3-9-1-2-19(6-9)7-10/h4-5,8-10H,1-3,6-7H2,(H,18,20)/t9-,10-/m1/s1. The number of nitrogens with zero attached hydrogens (tertiary/aromatic N) is 2. The summed E-state index contributed by atoms with van der Waals surface area (Å²) in [6.07, 6.45) is 5.67. The zero-order valence-electron chi connectivity index (χ0n) is 11.5. The van der Waals surface area contributed by atoms with Crippen molar-refractivity contribution in [3.8, 4) is 0 Å². The van der Waals surface area contributed by atoms with Crippen LogP contribution in [0.1, 0.15) is 23.3 Å². The van der Waals surface area contributed by atoms with E-state index in [1.54, 1.807) is 12.5 Å². The second kappa shape index (κ2) is 5.24. The Hall–Kier alpha value is -1.15. The molecule has 1 amide bonds. The third-order valence-corrected chi connectivity index (χ3v) is 5.28. The molecule has 21 heavy (non-hydrogen) atoms. The number of pyridine rings is 1. The van der Waals surface area contributed by atoms with Crippen LogP contribution in [0.2, 0.25) is 0 Å². The molecule has 0 aliphatic carbocycles. The van der Waals surface area contributed by atoms with E-state index in [9.17, 15) is 4.79 Å². The van der Waals surface area contributed by atoms with E-state index in [1.165, 1.54) is 19.5 Å². The Morgan fingerprint density at radius 2 is 2.38 bits per heavy atom. The van der Waals surface area contributed by atoms with Gasteiger partial charge in [0, 0.05) is 24.5 Å². The molecule has 110 valence electrons. The fourth-order valence-corrected chi connectivity index (χ4v) is 4.00. The molecule has 0 saturated carbocycles. The highest BCUT2D eigenvalue weighted by molar-refractivity contribution is 14.1. The zero-order chi connectivity index (χ0) is 14.4. The minimum atomic E-state index is -0.0820. The van der Waals surface area contributed by atoms with Gasteiger partial charge in [-0.2, -0.15) is 0 Å². The average molecular weight is 397 g/mol. The number of piperidine rings is 1. The molecule has 2 aliphatic rings. The van der Waals surface area contributed by atoms with Crippen molar-refractivity contribution in [2.24, 2.45) is 5.92 Å². The van der Waals surface area contributed by atoms with Gasteiger partial charge in [0.2, 0.25) is 0 Å². The van der Waals surface area contributed by atoms with E-state index in [0.29, 0.717) is 5.69 Å². The summed E-state index contributed by atoms with van der Waals surface area (Å²) in [5, 5.41) is 4.08. The van der Waals surface area contributed by atoms with Gasteiger partial charge in [0.05, 0.1) is 9.77 Å². The topological polar surface area (TPSA) is 58.4 Å². The van der Waals surface area contributed by atoms with Crippen molar-refractivity contribution in [2.75, 3.05) is 19.6 Å². The predicted octanol–water partition coefficient (Wildman–Crippen LogP) is 2.26. The molecule has 2 fully saturated rings. The van der Waals surface area contributed by atoms with Gasteiger partial charge in [0.1, 0.15) is 12.0 Å².